The lowest BCUT2D eigenvalue weighted by Crippen LogP contribution is -2.29. The van der Waals surface area contributed by atoms with Crippen molar-refractivity contribution in [3.63, 3.8) is 0 Å². The van der Waals surface area contributed by atoms with Crippen LogP contribution in [-0.4, -0.2) is 41.2 Å². The Morgan fingerprint density at radius 3 is 2.62 bits per heavy atom. The van der Waals surface area contributed by atoms with E-state index in [4.69, 9.17) is 5.11 Å². The van der Waals surface area contributed by atoms with Crippen molar-refractivity contribution in [2.45, 2.75) is 6.54 Å². The number of aromatic carboxylic acids is 1. The number of nitro groups is 1. The molecule has 10 nitrogen and oxygen atoms in total. The maximum atomic E-state index is 11.6. The van der Waals surface area contributed by atoms with Gasteiger partial charge in [0.2, 0.25) is 5.91 Å². The number of carbonyl (C=O) groups is 2. The van der Waals surface area contributed by atoms with Crippen molar-refractivity contribution in [1.29, 1.82) is 0 Å². The summed E-state index contributed by atoms with van der Waals surface area (Å²) >= 11 is 0. The molecule has 0 saturated carbocycles. The van der Waals surface area contributed by atoms with Gasteiger partial charge in [0.15, 0.2) is 0 Å². The zero-order valence-electron chi connectivity index (χ0n) is 10.3. The van der Waals surface area contributed by atoms with E-state index >= 15 is 0 Å². The zero-order chi connectivity index (χ0) is 15.8. The summed E-state index contributed by atoms with van der Waals surface area (Å²) in [5.41, 5.74) is -0.762. The van der Waals surface area contributed by atoms with E-state index in [9.17, 15) is 28.1 Å². The third-order valence-electron chi connectivity index (χ3n) is 2.78. The van der Waals surface area contributed by atoms with E-state index in [2.05, 4.69) is 0 Å². The van der Waals surface area contributed by atoms with Gasteiger partial charge in [-0.25, -0.2) is 9.52 Å². The number of carboxylic acid groups (broad SMARTS) is 1. The summed E-state index contributed by atoms with van der Waals surface area (Å²) in [6.45, 7) is -0.806. The highest BCUT2D eigenvalue weighted by molar-refractivity contribution is 7.88. The minimum Gasteiger partial charge on any atom is -0.478 e. The normalized spacial score (nSPS) is 17.4. The number of rotatable bonds is 4. The van der Waals surface area contributed by atoms with E-state index in [0.29, 0.717) is 0 Å². The molecular weight excluding hydrogens is 306 g/mol. The molecule has 1 aliphatic rings. The highest BCUT2D eigenvalue weighted by Gasteiger charge is 2.34. The molecule has 1 heterocycles. The van der Waals surface area contributed by atoms with Crippen molar-refractivity contribution >= 4 is 27.8 Å². The number of hydrogen-bond donors (Lipinski definition) is 2. The molecule has 1 aliphatic heterocycles. The number of nitrogens with zero attached hydrogens (tertiary/aromatic N) is 2. The molecule has 0 aliphatic carbocycles. The summed E-state index contributed by atoms with van der Waals surface area (Å²) in [7, 11) is -4.00. The smallest absolute Gasteiger partial charge is 0.336 e. The Hall–Kier alpha value is -2.53. The van der Waals surface area contributed by atoms with Crippen molar-refractivity contribution < 1.29 is 28.0 Å². The summed E-state index contributed by atoms with van der Waals surface area (Å²) in [4.78, 5) is 32.1. The molecule has 0 aromatic heterocycles. The maximum absolute atomic E-state index is 11.6. The topological polar surface area (TPSA) is 147 Å². The lowest BCUT2D eigenvalue weighted by atomic mass is 10.1. The van der Waals surface area contributed by atoms with E-state index in [-0.39, 0.29) is 12.1 Å². The zero-order valence-corrected chi connectivity index (χ0v) is 11.2. The lowest BCUT2D eigenvalue weighted by Gasteiger charge is -2.13. The molecule has 1 amide bonds. The minimum atomic E-state index is -4.00. The number of hydrogen-bond acceptors (Lipinski definition) is 6. The Morgan fingerprint density at radius 2 is 2.14 bits per heavy atom. The SMILES string of the molecule is O=C1CN(Cc2ccc([N+](=O)[O-])cc2C(=O)O)S(=O)(=O)N1. The Labute approximate surface area is 118 Å². The van der Waals surface area contributed by atoms with Gasteiger partial charge in [-0.05, 0) is 5.56 Å². The van der Waals surface area contributed by atoms with Crippen LogP contribution in [0.4, 0.5) is 5.69 Å². The van der Waals surface area contributed by atoms with Gasteiger partial charge in [-0.15, -0.1) is 0 Å². The van der Waals surface area contributed by atoms with Crippen LogP contribution in [0.2, 0.25) is 0 Å². The minimum absolute atomic E-state index is 0.0492. The molecule has 0 unspecified atom stereocenters. The summed E-state index contributed by atoms with van der Waals surface area (Å²) in [6, 6.07) is 3.06. The van der Waals surface area contributed by atoms with E-state index < -0.39 is 44.8 Å². The number of carbonyl (C=O) groups excluding carboxylic acids is 1. The molecule has 1 aromatic carbocycles. The van der Waals surface area contributed by atoms with Gasteiger partial charge in [-0.3, -0.25) is 14.9 Å². The first-order valence-electron chi connectivity index (χ1n) is 5.52. The van der Waals surface area contributed by atoms with Crippen molar-refractivity contribution in [3.05, 3.63) is 39.4 Å². The number of nitro benzene ring substituents is 1. The van der Waals surface area contributed by atoms with E-state index in [1.807, 2.05) is 0 Å². The van der Waals surface area contributed by atoms with Crippen LogP contribution < -0.4 is 4.72 Å². The summed E-state index contributed by atoms with van der Waals surface area (Å²) in [5, 5.41) is 19.7. The fraction of sp³-hybridized carbons (Fsp3) is 0.200. The fourth-order valence-electron chi connectivity index (χ4n) is 1.83. The summed E-state index contributed by atoms with van der Waals surface area (Å²) < 4.78 is 25.6. The quantitative estimate of drug-likeness (QED) is 0.560. The third kappa shape index (κ3) is 2.98. The van der Waals surface area contributed by atoms with Crippen LogP contribution in [0, 0.1) is 10.1 Å². The molecule has 1 saturated heterocycles. The first-order valence-corrected chi connectivity index (χ1v) is 6.96. The van der Waals surface area contributed by atoms with E-state index in [1.165, 1.54) is 0 Å². The standard InChI is InChI=1S/C10H9N3O7S/c14-9-5-12(21(19,20)11-9)4-6-1-2-7(13(17)18)3-8(6)10(15)16/h1-3H,4-5H2,(H,11,14)(H,15,16). The molecule has 0 atom stereocenters. The number of amides is 1. The molecule has 2 N–H and O–H groups in total. The largest absolute Gasteiger partial charge is 0.478 e. The fourth-order valence-corrected chi connectivity index (χ4v) is 2.91. The first kappa shape index (κ1) is 14.9. The van der Waals surface area contributed by atoms with Crippen LogP contribution in [0.15, 0.2) is 18.2 Å². The third-order valence-corrected chi connectivity index (χ3v) is 4.21. The van der Waals surface area contributed by atoms with E-state index in [1.54, 1.807) is 4.72 Å². The van der Waals surface area contributed by atoms with Gasteiger partial charge >= 0.3 is 16.2 Å². The highest BCUT2D eigenvalue weighted by Crippen LogP contribution is 2.21. The van der Waals surface area contributed by atoms with Crippen LogP contribution in [-0.2, 0) is 21.5 Å². The number of carboxylic acids is 1. The summed E-state index contributed by atoms with van der Waals surface area (Å²) in [5.74, 6) is -2.15. The van der Waals surface area contributed by atoms with Gasteiger partial charge in [0.05, 0.1) is 17.0 Å². The molecule has 1 fully saturated rings. The van der Waals surface area contributed by atoms with Crippen LogP contribution in [0.25, 0.3) is 0 Å². The first-order chi connectivity index (χ1) is 9.70. The van der Waals surface area contributed by atoms with Gasteiger partial charge in [0, 0.05) is 18.7 Å². The molecular formula is C10H9N3O7S. The second kappa shape index (κ2) is 5.10. The number of benzene rings is 1. The van der Waals surface area contributed by atoms with Crippen molar-refractivity contribution in [2.24, 2.45) is 0 Å². The Balaban J connectivity index is 2.38. The van der Waals surface area contributed by atoms with Crippen molar-refractivity contribution in [2.75, 3.05) is 6.54 Å². The van der Waals surface area contributed by atoms with Gasteiger partial charge < -0.3 is 5.11 Å². The number of non-ortho nitro benzene ring substituents is 1. The molecule has 0 radical (unpaired) electrons. The predicted octanol–water partition coefficient (Wildman–Crippen LogP) is -0.530. The highest BCUT2D eigenvalue weighted by atomic mass is 32.2. The average Bonchev–Trinajstić information content (AvgIpc) is 2.61. The molecule has 2 rings (SSSR count). The average molecular weight is 315 g/mol. The molecule has 0 spiro atoms. The Morgan fingerprint density at radius 1 is 1.48 bits per heavy atom. The van der Waals surface area contributed by atoms with Crippen LogP contribution in [0.1, 0.15) is 15.9 Å². The summed E-state index contributed by atoms with van der Waals surface area (Å²) in [6.07, 6.45) is 0. The van der Waals surface area contributed by atoms with Gasteiger partial charge in [0.1, 0.15) is 0 Å². The van der Waals surface area contributed by atoms with Crippen LogP contribution in [0.3, 0.4) is 0 Å². The molecule has 1 aromatic rings. The van der Waals surface area contributed by atoms with Gasteiger partial charge in [-0.1, -0.05) is 6.07 Å². The second-order valence-corrected chi connectivity index (χ2v) is 5.87. The van der Waals surface area contributed by atoms with Crippen LogP contribution >= 0.6 is 0 Å². The van der Waals surface area contributed by atoms with E-state index in [0.717, 1.165) is 22.5 Å². The van der Waals surface area contributed by atoms with Crippen molar-refractivity contribution in [3.8, 4) is 0 Å². The van der Waals surface area contributed by atoms with Gasteiger partial charge in [0.25, 0.3) is 5.69 Å². The van der Waals surface area contributed by atoms with Crippen LogP contribution in [0.5, 0.6) is 0 Å². The second-order valence-electron chi connectivity index (χ2n) is 4.20. The monoisotopic (exact) mass is 315 g/mol. The Kier molecular flexibility index (Phi) is 3.61. The molecule has 0 bridgehead atoms. The predicted molar refractivity (Wildman–Crippen MR) is 67.5 cm³/mol. The number of nitrogens with one attached hydrogen (secondary N) is 1. The molecule has 112 valence electrons. The molecule has 11 heteroatoms. The van der Waals surface area contributed by atoms with Gasteiger partial charge in [-0.2, -0.15) is 12.7 Å². The Bertz CT molecular complexity index is 743. The van der Waals surface area contributed by atoms with Crippen molar-refractivity contribution in [1.82, 2.24) is 9.03 Å². The maximum Gasteiger partial charge on any atom is 0.336 e. The lowest BCUT2D eigenvalue weighted by molar-refractivity contribution is -0.384. The molecule has 21 heavy (non-hydrogen) atoms.